The summed E-state index contributed by atoms with van der Waals surface area (Å²) in [6, 6.07) is 17.0. The number of fused-ring (bicyclic) bond motifs is 1. The van der Waals surface area contributed by atoms with Crippen molar-refractivity contribution in [3.05, 3.63) is 82.0 Å². The van der Waals surface area contributed by atoms with E-state index in [2.05, 4.69) is 45.3 Å². The van der Waals surface area contributed by atoms with Gasteiger partial charge in [0.15, 0.2) is 21.9 Å². The topological polar surface area (TPSA) is 68.3 Å². The van der Waals surface area contributed by atoms with Crippen LogP contribution in [-0.2, 0) is 12.8 Å². The number of carbonyl (C=O) groups excluding carboxylic acids is 1. The smallest absolute Gasteiger partial charge is 0.291 e. The highest BCUT2D eigenvalue weighted by Gasteiger charge is 2.11. The predicted molar refractivity (Wildman–Crippen MR) is 107 cm³/mol. The standard InChI is InChI=1S/C21H17BrN2O3/c1-2-13-5-8-17-16(11-13)24-20(27-17)12-14-3-6-15(7-4-14)23-21(25)18-9-10-19(22)26-18/h3-11H,2,12H2,1H3,(H,23,25). The van der Waals surface area contributed by atoms with Gasteiger partial charge in [-0.25, -0.2) is 4.98 Å². The summed E-state index contributed by atoms with van der Waals surface area (Å²) in [5, 5.41) is 2.80. The second kappa shape index (κ2) is 7.40. The number of amides is 1. The van der Waals surface area contributed by atoms with Gasteiger partial charge in [0.2, 0.25) is 0 Å². The summed E-state index contributed by atoms with van der Waals surface area (Å²) >= 11 is 3.19. The van der Waals surface area contributed by atoms with E-state index < -0.39 is 0 Å². The Bertz CT molecular complexity index is 1100. The third kappa shape index (κ3) is 3.95. The molecule has 0 aliphatic carbocycles. The van der Waals surface area contributed by atoms with Crippen LogP contribution in [0, 0.1) is 0 Å². The van der Waals surface area contributed by atoms with Crippen LogP contribution in [0.2, 0.25) is 0 Å². The van der Waals surface area contributed by atoms with Crippen molar-refractivity contribution >= 4 is 38.6 Å². The summed E-state index contributed by atoms with van der Waals surface area (Å²) < 4.78 is 11.6. The van der Waals surface area contributed by atoms with Gasteiger partial charge in [0, 0.05) is 12.1 Å². The second-order valence-corrected chi connectivity index (χ2v) is 6.98. The zero-order chi connectivity index (χ0) is 18.8. The fraction of sp³-hybridized carbons (Fsp3) is 0.143. The molecule has 4 rings (SSSR count). The third-order valence-corrected chi connectivity index (χ3v) is 4.69. The average Bonchev–Trinajstić information content (AvgIpc) is 3.28. The maximum atomic E-state index is 12.1. The molecule has 0 aliphatic rings. The lowest BCUT2D eigenvalue weighted by Gasteiger charge is -2.04. The van der Waals surface area contributed by atoms with Crippen LogP contribution in [0.1, 0.15) is 34.5 Å². The predicted octanol–water partition coefficient (Wildman–Crippen LogP) is 5.59. The minimum absolute atomic E-state index is 0.254. The first kappa shape index (κ1) is 17.5. The van der Waals surface area contributed by atoms with Crippen molar-refractivity contribution in [3.8, 4) is 0 Å². The number of aryl methyl sites for hydroxylation is 1. The molecular formula is C21H17BrN2O3. The number of oxazole rings is 1. The molecule has 0 radical (unpaired) electrons. The van der Waals surface area contributed by atoms with Crippen molar-refractivity contribution in [2.24, 2.45) is 0 Å². The number of rotatable bonds is 5. The van der Waals surface area contributed by atoms with Crippen LogP contribution in [0.15, 0.2) is 68.1 Å². The summed E-state index contributed by atoms with van der Waals surface area (Å²) in [7, 11) is 0. The monoisotopic (exact) mass is 424 g/mol. The Kier molecular flexibility index (Phi) is 4.81. The normalized spacial score (nSPS) is 11.0. The van der Waals surface area contributed by atoms with E-state index >= 15 is 0 Å². The maximum absolute atomic E-state index is 12.1. The molecular weight excluding hydrogens is 408 g/mol. The quantitative estimate of drug-likeness (QED) is 0.453. The van der Waals surface area contributed by atoms with E-state index in [0.717, 1.165) is 23.1 Å². The first-order valence-corrected chi connectivity index (χ1v) is 9.44. The number of hydrogen-bond acceptors (Lipinski definition) is 4. The van der Waals surface area contributed by atoms with Crippen molar-refractivity contribution in [2.75, 3.05) is 5.32 Å². The van der Waals surface area contributed by atoms with E-state index in [4.69, 9.17) is 8.83 Å². The van der Waals surface area contributed by atoms with Gasteiger partial charge in [0.25, 0.3) is 5.91 Å². The molecule has 0 saturated carbocycles. The van der Waals surface area contributed by atoms with Crippen molar-refractivity contribution in [3.63, 3.8) is 0 Å². The minimum atomic E-state index is -0.292. The van der Waals surface area contributed by atoms with Gasteiger partial charge in [0.1, 0.15) is 5.52 Å². The molecule has 4 aromatic rings. The second-order valence-electron chi connectivity index (χ2n) is 6.19. The molecule has 2 aromatic carbocycles. The first-order chi connectivity index (χ1) is 13.1. The number of nitrogens with zero attached hydrogens (tertiary/aromatic N) is 1. The van der Waals surface area contributed by atoms with E-state index in [9.17, 15) is 4.79 Å². The molecule has 0 bridgehead atoms. The van der Waals surface area contributed by atoms with Gasteiger partial charge in [-0.1, -0.05) is 25.1 Å². The zero-order valence-corrected chi connectivity index (χ0v) is 16.2. The molecule has 1 N–H and O–H groups in total. The highest BCUT2D eigenvalue weighted by Crippen LogP contribution is 2.21. The van der Waals surface area contributed by atoms with Crippen molar-refractivity contribution in [1.29, 1.82) is 0 Å². The molecule has 0 atom stereocenters. The third-order valence-electron chi connectivity index (χ3n) is 4.27. The maximum Gasteiger partial charge on any atom is 0.291 e. The molecule has 0 unspecified atom stereocenters. The Hall–Kier alpha value is -2.86. The fourth-order valence-corrected chi connectivity index (χ4v) is 3.13. The molecule has 5 nitrogen and oxygen atoms in total. The lowest BCUT2D eigenvalue weighted by Crippen LogP contribution is -2.10. The van der Waals surface area contributed by atoms with Gasteiger partial charge < -0.3 is 14.2 Å². The van der Waals surface area contributed by atoms with E-state index in [1.165, 1.54) is 5.56 Å². The summed E-state index contributed by atoms with van der Waals surface area (Å²) in [4.78, 5) is 16.7. The zero-order valence-electron chi connectivity index (χ0n) is 14.7. The summed E-state index contributed by atoms with van der Waals surface area (Å²) in [5.74, 6) is 0.637. The minimum Gasteiger partial charge on any atom is -0.444 e. The number of anilines is 1. The molecule has 27 heavy (non-hydrogen) atoms. The number of hydrogen-bond donors (Lipinski definition) is 1. The Morgan fingerprint density at radius 2 is 1.81 bits per heavy atom. The number of carbonyl (C=O) groups is 1. The van der Waals surface area contributed by atoms with Gasteiger partial charge in [0.05, 0.1) is 0 Å². The molecule has 6 heteroatoms. The highest BCUT2D eigenvalue weighted by atomic mass is 79.9. The molecule has 0 saturated heterocycles. The summed E-state index contributed by atoms with van der Waals surface area (Å²) in [6.45, 7) is 2.12. The van der Waals surface area contributed by atoms with Crippen LogP contribution in [-0.4, -0.2) is 10.9 Å². The molecule has 136 valence electrons. The lowest BCUT2D eigenvalue weighted by atomic mass is 10.1. The van der Waals surface area contributed by atoms with Gasteiger partial charge in [-0.15, -0.1) is 0 Å². The number of nitrogens with one attached hydrogen (secondary N) is 1. The fourth-order valence-electron chi connectivity index (χ4n) is 2.83. The Morgan fingerprint density at radius 1 is 1.04 bits per heavy atom. The van der Waals surface area contributed by atoms with Gasteiger partial charge >= 0.3 is 0 Å². The van der Waals surface area contributed by atoms with Gasteiger partial charge in [-0.2, -0.15) is 0 Å². The van der Waals surface area contributed by atoms with Crippen LogP contribution in [0.3, 0.4) is 0 Å². The van der Waals surface area contributed by atoms with E-state index in [1.54, 1.807) is 12.1 Å². The van der Waals surface area contributed by atoms with Crippen LogP contribution in [0.25, 0.3) is 11.1 Å². The van der Waals surface area contributed by atoms with E-state index in [-0.39, 0.29) is 11.7 Å². The number of benzene rings is 2. The molecule has 0 fully saturated rings. The molecule has 0 aliphatic heterocycles. The van der Waals surface area contributed by atoms with E-state index in [0.29, 0.717) is 22.7 Å². The SMILES string of the molecule is CCc1ccc2oc(Cc3ccc(NC(=O)c4ccc(Br)o4)cc3)nc2c1. The Labute approximate surface area is 164 Å². The number of furan rings is 1. The van der Waals surface area contributed by atoms with Crippen LogP contribution in [0.5, 0.6) is 0 Å². The van der Waals surface area contributed by atoms with Crippen molar-refractivity contribution in [2.45, 2.75) is 19.8 Å². The molecule has 1 amide bonds. The van der Waals surface area contributed by atoms with Gasteiger partial charge in [-0.3, -0.25) is 4.79 Å². The summed E-state index contributed by atoms with van der Waals surface area (Å²) in [5.41, 5.74) is 4.68. The molecule has 0 spiro atoms. The Morgan fingerprint density at radius 3 is 2.52 bits per heavy atom. The highest BCUT2D eigenvalue weighted by molar-refractivity contribution is 9.10. The lowest BCUT2D eigenvalue weighted by molar-refractivity contribution is 0.0995. The first-order valence-electron chi connectivity index (χ1n) is 8.64. The largest absolute Gasteiger partial charge is 0.444 e. The summed E-state index contributed by atoms with van der Waals surface area (Å²) in [6.07, 6.45) is 1.57. The van der Waals surface area contributed by atoms with Gasteiger partial charge in [-0.05, 0) is 69.9 Å². The van der Waals surface area contributed by atoms with Crippen molar-refractivity contribution < 1.29 is 13.6 Å². The molecule has 2 aromatic heterocycles. The molecule has 2 heterocycles. The average molecular weight is 425 g/mol. The van der Waals surface area contributed by atoms with Crippen LogP contribution < -0.4 is 5.32 Å². The van der Waals surface area contributed by atoms with Crippen molar-refractivity contribution in [1.82, 2.24) is 4.98 Å². The number of aromatic nitrogens is 1. The van der Waals surface area contributed by atoms with Crippen LogP contribution in [0.4, 0.5) is 5.69 Å². The van der Waals surface area contributed by atoms with Crippen LogP contribution >= 0.6 is 15.9 Å². The number of halogens is 1. The Balaban J connectivity index is 1.45. The van der Waals surface area contributed by atoms with E-state index in [1.807, 2.05) is 30.3 Å².